The largest absolute Gasteiger partial charge is 0.493 e. The molecule has 0 saturated heterocycles. The van der Waals surface area contributed by atoms with Crippen LogP contribution in [-0.4, -0.2) is 25.1 Å². The fourth-order valence-corrected chi connectivity index (χ4v) is 2.69. The van der Waals surface area contributed by atoms with E-state index in [-0.39, 0.29) is 5.91 Å². The number of ether oxygens (including phenoxy) is 2. The van der Waals surface area contributed by atoms with E-state index in [9.17, 15) is 4.79 Å². The number of hydrogen-bond acceptors (Lipinski definition) is 3. The molecule has 0 radical (unpaired) electrons. The highest BCUT2D eigenvalue weighted by Crippen LogP contribution is 2.33. The molecule has 0 bridgehead atoms. The number of aryl methyl sites for hydroxylation is 1. The predicted octanol–water partition coefficient (Wildman–Crippen LogP) is 4.40. The molecule has 0 spiro atoms. The summed E-state index contributed by atoms with van der Waals surface area (Å²) in [6.07, 6.45) is 1.66. The number of amides is 1. The first kappa shape index (κ1) is 16.2. The first-order chi connectivity index (χ1) is 11.5. The summed E-state index contributed by atoms with van der Waals surface area (Å²) in [7, 11) is 3.13. The van der Waals surface area contributed by atoms with Crippen LogP contribution in [-0.2, 0) is 0 Å². The number of methoxy groups -OCH3 is 2. The smallest absolute Gasteiger partial charge is 0.257 e. The van der Waals surface area contributed by atoms with Crippen LogP contribution in [0.1, 0.15) is 15.9 Å². The molecule has 0 saturated carbocycles. The first-order valence-electron chi connectivity index (χ1n) is 7.34. The van der Waals surface area contributed by atoms with E-state index in [1.165, 1.54) is 0 Å². The Kier molecular flexibility index (Phi) is 4.36. The van der Waals surface area contributed by atoms with Gasteiger partial charge in [-0.3, -0.25) is 4.79 Å². The molecule has 0 aliphatic carbocycles. The minimum absolute atomic E-state index is 0.228. The van der Waals surface area contributed by atoms with Gasteiger partial charge in [-0.2, -0.15) is 0 Å². The Hall–Kier alpha value is -2.66. The van der Waals surface area contributed by atoms with Crippen molar-refractivity contribution in [3.8, 4) is 11.5 Å². The summed E-state index contributed by atoms with van der Waals surface area (Å²) < 4.78 is 10.6. The number of aromatic nitrogens is 1. The molecule has 5 nitrogen and oxygen atoms in total. The third-order valence-corrected chi connectivity index (χ3v) is 4.27. The topological polar surface area (TPSA) is 63.4 Å². The molecule has 3 rings (SSSR count). The second-order valence-electron chi connectivity index (χ2n) is 5.37. The fourth-order valence-electron chi connectivity index (χ4n) is 2.51. The molecule has 24 heavy (non-hydrogen) atoms. The van der Waals surface area contributed by atoms with E-state index in [1.54, 1.807) is 38.6 Å². The summed E-state index contributed by atoms with van der Waals surface area (Å²) in [4.78, 5) is 15.7. The lowest BCUT2D eigenvalue weighted by atomic mass is 10.1. The van der Waals surface area contributed by atoms with Crippen LogP contribution in [0.15, 0.2) is 36.5 Å². The van der Waals surface area contributed by atoms with Crippen LogP contribution in [0.4, 0.5) is 5.69 Å². The Morgan fingerprint density at radius 2 is 1.83 bits per heavy atom. The zero-order valence-corrected chi connectivity index (χ0v) is 14.3. The van der Waals surface area contributed by atoms with Crippen molar-refractivity contribution in [2.75, 3.05) is 19.5 Å². The van der Waals surface area contributed by atoms with Gasteiger partial charge in [-0.05, 0) is 30.7 Å². The molecule has 0 atom stereocenters. The summed E-state index contributed by atoms with van der Waals surface area (Å²) in [6, 6.07) is 8.99. The van der Waals surface area contributed by atoms with E-state index in [0.717, 1.165) is 16.5 Å². The van der Waals surface area contributed by atoms with E-state index in [2.05, 4.69) is 10.3 Å². The van der Waals surface area contributed by atoms with Crippen molar-refractivity contribution in [3.05, 3.63) is 52.7 Å². The van der Waals surface area contributed by atoms with Crippen LogP contribution >= 0.6 is 11.6 Å². The number of aromatic amines is 1. The summed E-state index contributed by atoms with van der Waals surface area (Å²) in [5, 5.41) is 4.22. The van der Waals surface area contributed by atoms with Gasteiger partial charge in [-0.1, -0.05) is 17.7 Å². The van der Waals surface area contributed by atoms with Gasteiger partial charge in [-0.25, -0.2) is 0 Å². The molecule has 1 amide bonds. The number of anilines is 1. The number of nitrogens with one attached hydrogen (secondary N) is 2. The highest BCUT2D eigenvalue weighted by molar-refractivity contribution is 6.31. The second-order valence-corrected chi connectivity index (χ2v) is 5.78. The maximum absolute atomic E-state index is 12.6. The van der Waals surface area contributed by atoms with Gasteiger partial charge in [0.2, 0.25) is 0 Å². The lowest BCUT2D eigenvalue weighted by Crippen LogP contribution is -2.11. The zero-order chi connectivity index (χ0) is 17.3. The van der Waals surface area contributed by atoms with Gasteiger partial charge < -0.3 is 19.8 Å². The van der Waals surface area contributed by atoms with Crippen molar-refractivity contribution in [2.24, 2.45) is 0 Å². The van der Waals surface area contributed by atoms with Crippen LogP contribution < -0.4 is 14.8 Å². The predicted molar refractivity (Wildman–Crippen MR) is 95.5 cm³/mol. The Bertz CT molecular complexity index is 918. The number of benzene rings is 2. The number of H-pyrrole nitrogens is 1. The molecule has 3 aromatic rings. The van der Waals surface area contributed by atoms with E-state index in [1.807, 2.05) is 19.1 Å². The molecule has 0 aliphatic rings. The van der Waals surface area contributed by atoms with Crippen molar-refractivity contribution in [1.29, 1.82) is 0 Å². The van der Waals surface area contributed by atoms with Crippen LogP contribution in [0, 0.1) is 6.92 Å². The van der Waals surface area contributed by atoms with Gasteiger partial charge in [0.1, 0.15) is 0 Å². The molecule has 2 N–H and O–H groups in total. The molecule has 0 unspecified atom stereocenters. The summed E-state index contributed by atoms with van der Waals surface area (Å²) in [5.74, 6) is 0.939. The Morgan fingerprint density at radius 1 is 1.12 bits per heavy atom. The number of hydrogen-bond donors (Lipinski definition) is 2. The molecule has 1 aromatic heterocycles. The molecule has 0 aliphatic heterocycles. The number of carbonyl (C=O) groups is 1. The number of fused-ring (bicyclic) bond motifs is 1. The van der Waals surface area contributed by atoms with Crippen molar-refractivity contribution in [3.63, 3.8) is 0 Å². The standard InChI is InChI=1S/C18H17ClN2O3/c1-10-4-5-11(6-14(10)19)21-18(22)13-9-20-15-8-17(24-3)16(23-2)7-12(13)15/h4-9,20H,1-3H3,(H,21,22). The summed E-state index contributed by atoms with van der Waals surface area (Å²) in [6.45, 7) is 1.91. The van der Waals surface area contributed by atoms with Crippen LogP contribution in [0.3, 0.4) is 0 Å². The van der Waals surface area contributed by atoms with E-state index >= 15 is 0 Å². The maximum Gasteiger partial charge on any atom is 0.257 e. The van der Waals surface area contributed by atoms with Crippen molar-refractivity contribution in [2.45, 2.75) is 6.92 Å². The Balaban J connectivity index is 1.96. The quantitative estimate of drug-likeness (QED) is 0.737. The summed E-state index contributed by atoms with van der Waals surface area (Å²) in [5.41, 5.74) is 2.91. The lowest BCUT2D eigenvalue weighted by Gasteiger charge is -2.09. The molecule has 6 heteroatoms. The van der Waals surface area contributed by atoms with Gasteiger partial charge in [0.05, 0.1) is 25.3 Å². The van der Waals surface area contributed by atoms with E-state index < -0.39 is 0 Å². The molecule has 124 valence electrons. The minimum atomic E-state index is -0.228. The van der Waals surface area contributed by atoms with Gasteiger partial charge in [-0.15, -0.1) is 0 Å². The molecule has 0 fully saturated rings. The lowest BCUT2D eigenvalue weighted by molar-refractivity contribution is 0.102. The number of halogens is 1. The normalized spacial score (nSPS) is 10.7. The van der Waals surface area contributed by atoms with Crippen molar-refractivity contribution < 1.29 is 14.3 Å². The number of rotatable bonds is 4. The highest BCUT2D eigenvalue weighted by Gasteiger charge is 2.16. The van der Waals surface area contributed by atoms with Crippen molar-refractivity contribution in [1.82, 2.24) is 4.98 Å². The Labute approximate surface area is 144 Å². The van der Waals surface area contributed by atoms with E-state index in [4.69, 9.17) is 21.1 Å². The average Bonchev–Trinajstić information content (AvgIpc) is 2.99. The first-order valence-corrected chi connectivity index (χ1v) is 7.72. The third-order valence-electron chi connectivity index (χ3n) is 3.86. The summed E-state index contributed by atoms with van der Waals surface area (Å²) >= 11 is 6.10. The zero-order valence-electron chi connectivity index (χ0n) is 13.6. The monoisotopic (exact) mass is 344 g/mol. The number of carbonyl (C=O) groups excluding carboxylic acids is 1. The van der Waals surface area contributed by atoms with Gasteiger partial charge in [0.15, 0.2) is 11.5 Å². The van der Waals surface area contributed by atoms with Crippen LogP contribution in [0.5, 0.6) is 11.5 Å². The van der Waals surface area contributed by atoms with Crippen molar-refractivity contribution >= 4 is 34.1 Å². The average molecular weight is 345 g/mol. The van der Waals surface area contributed by atoms with Gasteiger partial charge >= 0.3 is 0 Å². The van der Waals surface area contributed by atoms with Gasteiger partial charge in [0.25, 0.3) is 5.91 Å². The Morgan fingerprint density at radius 3 is 2.50 bits per heavy atom. The molecular weight excluding hydrogens is 328 g/mol. The minimum Gasteiger partial charge on any atom is -0.493 e. The molecular formula is C18H17ClN2O3. The van der Waals surface area contributed by atoms with E-state index in [0.29, 0.717) is 27.8 Å². The fraction of sp³-hybridized carbons (Fsp3) is 0.167. The molecule has 1 heterocycles. The SMILES string of the molecule is COc1cc2[nH]cc(C(=O)Nc3ccc(C)c(Cl)c3)c2cc1OC. The van der Waals surface area contributed by atoms with Gasteiger partial charge in [0, 0.05) is 28.4 Å². The van der Waals surface area contributed by atoms with Crippen LogP contribution in [0.2, 0.25) is 5.02 Å². The van der Waals surface area contributed by atoms with Crippen LogP contribution in [0.25, 0.3) is 10.9 Å². The maximum atomic E-state index is 12.6. The third kappa shape index (κ3) is 2.90. The molecule has 2 aromatic carbocycles. The second kappa shape index (κ2) is 6.45. The highest BCUT2D eigenvalue weighted by atomic mass is 35.5.